The lowest BCUT2D eigenvalue weighted by Crippen LogP contribution is -2.00. The standard InChI is InChI=1S/C11H9ClN4O2/c1-7-2-3-8(6-9(7)12)16-10(13-14-15-16)4-5-11(17)18/h2-6H,1H3,(H,17,18)/b5-4+. The Bertz CT molecular complexity index is 621. The summed E-state index contributed by atoms with van der Waals surface area (Å²) in [6.07, 6.45) is 2.29. The van der Waals surface area contributed by atoms with Crippen LogP contribution >= 0.6 is 11.6 Å². The Labute approximate surface area is 108 Å². The van der Waals surface area contributed by atoms with Gasteiger partial charge in [-0.3, -0.25) is 0 Å². The summed E-state index contributed by atoms with van der Waals surface area (Å²) in [5.41, 5.74) is 1.61. The van der Waals surface area contributed by atoms with E-state index >= 15 is 0 Å². The minimum atomic E-state index is -1.06. The predicted molar refractivity (Wildman–Crippen MR) is 65.6 cm³/mol. The van der Waals surface area contributed by atoms with Gasteiger partial charge in [-0.15, -0.1) is 5.10 Å². The number of tetrazole rings is 1. The summed E-state index contributed by atoms with van der Waals surface area (Å²) in [6, 6.07) is 5.35. The van der Waals surface area contributed by atoms with Crippen LogP contribution in [0.3, 0.4) is 0 Å². The average Bonchev–Trinajstić information content (AvgIpc) is 2.78. The van der Waals surface area contributed by atoms with E-state index in [0.29, 0.717) is 16.5 Å². The number of carboxylic acids is 1. The highest BCUT2D eigenvalue weighted by atomic mass is 35.5. The fourth-order valence-electron chi connectivity index (χ4n) is 1.34. The van der Waals surface area contributed by atoms with Crippen LogP contribution in [0.1, 0.15) is 11.4 Å². The van der Waals surface area contributed by atoms with Gasteiger partial charge in [0.2, 0.25) is 0 Å². The van der Waals surface area contributed by atoms with E-state index < -0.39 is 5.97 Å². The van der Waals surface area contributed by atoms with E-state index in [-0.39, 0.29) is 0 Å². The summed E-state index contributed by atoms with van der Waals surface area (Å²) in [4.78, 5) is 10.5. The van der Waals surface area contributed by atoms with Crippen LogP contribution in [0.15, 0.2) is 24.3 Å². The highest BCUT2D eigenvalue weighted by Gasteiger charge is 2.07. The Kier molecular flexibility index (Phi) is 3.38. The maximum absolute atomic E-state index is 10.5. The van der Waals surface area contributed by atoms with Crippen LogP contribution in [-0.4, -0.2) is 31.3 Å². The number of carbonyl (C=O) groups is 1. The fraction of sp³-hybridized carbons (Fsp3) is 0.0909. The molecule has 7 heteroatoms. The summed E-state index contributed by atoms with van der Waals surface area (Å²) in [7, 11) is 0. The second-order valence-corrected chi connectivity index (χ2v) is 3.96. The average molecular weight is 265 g/mol. The third-order valence-electron chi connectivity index (χ3n) is 2.27. The fourth-order valence-corrected chi connectivity index (χ4v) is 1.52. The van der Waals surface area contributed by atoms with Crippen molar-refractivity contribution in [2.75, 3.05) is 0 Å². The number of nitrogens with zero attached hydrogens (tertiary/aromatic N) is 4. The first-order chi connectivity index (χ1) is 8.58. The van der Waals surface area contributed by atoms with Gasteiger partial charge in [0.15, 0.2) is 5.82 Å². The number of aryl methyl sites for hydroxylation is 1. The minimum absolute atomic E-state index is 0.317. The van der Waals surface area contributed by atoms with Crippen LogP contribution in [-0.2, 0) is 4.79 Å². The van der Waals surface area contributed by atoms with Crippen molar-refractivity contribution in [1.82, 2.24) is 20.2 Å². The normalized spacial score (nSPS) is 11.0. The second-order valence-electron chi connectivity index (χ2n) is 3.55. The molecule has 1 N–H and O–H groups in total. The van der Waals surface area contributed by atoms with Crippen molar-refractivity contribution in [2.24, 2.45) is 0 Å². The number of hydrogen-bond donors (Lipinski definition) is 1. The summed E-state index contributed by atoms with van der Waals surface area (Å²) in [5, 5.41) is 20.2. The Morgan fingerprint density at radius 2 is 2.28 bits per heavy atom. The monoisotopic (exact) mass is 264 g/mol. The lowest BCUT2D eigenvalue weighted by molar-refractivity contribution is -0.131. The van der Waals surface area contributed by atoms with Crippen molar-refractivity contribution in [1.29, 1.82) is 0 Å². The SMILES string of the molecule is Cc1ccc(-n2nnnc2/C=C/C(=O)O)cc1Cl. The number of benzene rings is 1. The molecule has 92 valence electrons. The molecule has 1 aromatic heterocycles. The third-order valence-corrected chi connectivity index (χ3v) is 2.68. The lowest BCUT2D eigenvalue weighted by Gasteiger charge is -2.04. The molecule has 2 aromatic rings. The molecule has 0 unspecified atom stereocenters. The molecule has 0 bridgehead atoms. The van der Waals surface area contributed by atoms with E-state index in [4.69, 9.17) is 16.7 Å². The van der Waals surface area contributed by atoms with Gasteiger partial charge in [-0.25, -0.2) is 4.79 Å². The second kappa shape index (κ2) is 4.97. The molecule has 0 saturated carbocycles. The largest absolute Gasteiger partial charge is 0.478 e. The lowest BCUT2D eigenvalue weighted by atomic mass is 10.2. The molecule has 0 spiro atoms. The minimum Gasteiger partial charge on any atom is -0.478 e. The highest BCUT2D eigenvalue weighted by molar-refractivity contribution is 6.31. The highest BCUT2D eigenvalue weighted by Crippen LogP contribution is 2.19. The zero-order chi connectivity index (χ0) is 13.1. The Balaban J connectivity index is 2.42. The number of aliphatic carboxylic acids is 1. The van der Waals surface area contributed by atoms with Crippen molar-refractivity contribution in [3.63, 3.8) is 0 Å². The molecular formula is C11H9ClN4O2. The van der Waals surface area contributed by atoms with Gasteiger partial charge < -0.3 is 5.11 Å². The van der Waals surface area contributed by atoms with Gasteiger partial charge >= 0.3 is 5.97 Å². The van der Waals surface area contributed by atoms with Crippen LogP contribution < -0.4 is 0 Å². The van der Waals surface area contributed by atoms with Crippen LogP contribution in [0, 0.1) is 6.92 Å². The van der Waals surface area contributed by atoms with Crippen LogP contribution in [0.4, 0.5) is 0 Å². The maximum atomic E-state index is 10.5. The van der Waals surface area contributed by atoms with E-state index in [1.54, 1.807) is 12.1 Å². The molecule has 0 fully saturated rings. The molecule has 0 radical (unpaired) electrons. The summed E-state index contributed by atoms with van der Waals surface area (Å²) < 4.78 is 1.41. The van der Waals surface area contributed by atoms with Gasteiger partial charge in [0.05, 0.1) is 5.69 Å². The topological polar surface area (TPSA) is 80.9 Å². The number of hydrogen-bond acceptors (Lipinski definition) is 4. The summed E-state index contributed by atoms with van der Waals surface area (Å²) in [6.45, 7) is 1.89. The number of carboxylic acid groups (broad SMARTS) is 1. The molecule has 1 aromatic carbocycles. The smallest absolute Gasteiger partial charge is 0.328 e. The molecule has 0 aliphatic heterocycles. The molecule has 0 aliphatic rings. The van der Waals surface area contributed by atoms with Crippen molar-refractivity contribution in [2.45, 2.75) is 6.92 Å². The number of halogens is 1. The first-order valence-corrected chi connectivity index (χ1v) is 5.41. The predicted octanol–water partition coefficient (Wildman–Crippen LogP) is 1.72. The van der Waals surface area contributed by atoms with Crippen molar-refractivity contribution < 1.29 is 9.90 Å². The van der Waals surface area contributed by atoms with Crippen molar-refractivity contribution >= 4 is 23.6 Å². The zero-order valence-electron chi connectivity index (χ0n) is 9.41. The molecular weight excluding hydrogens is 256 g/mol. The quantitative estimate of drug-likeness (QED) is 0.854. The van der Waals surface area contributed by atoms with Gasteiger partial charge in [-0.2, -0.15) is 4.68 Å². The maximum Gasteiger partial charge on any atom is 0.328 e. The van der Waals surface area contributed by atoms with Crippen LogP contribution in [0.5, 0.6) is 0 Å². The molecule has 0 amide bonds. The molecule has 0 atom stereocenters. The van der Waals surface area contributed by atoms with E-state index in [9.17, 15) is 4.79 Å². The van der Waals surface area contributed by atoms with E-state index in [0.717, 1.165) is 11.6 Å². The van der Waals surface area contributed by atoms with Crippen molar-refractivity contribution in [3.8, 4) is 5.69 Å². The van der Waals surface area contributed by atoms with Gasteiger partial charge in [0.1, 0.15) is 0 Å². The molecule has 18 heavy (non-hydrogen) atoms. The Morgan fingerprint density at radius 3 is 2.94 bits per heavy atom. The van der Waals surface area contributed by atoms with Gasteiger partial charge in [-0.05, 0) is 41.1 Å². The zero-order valence-corrected chi connectivity index (χ0v) is 10.2. The molecule has 0 aliphatic carbocycles. The van der Waals surface area contributed by atoms with Crippen LogP contribution in [0.25, 0.3) is 11.8 Å². The Hall–Kier alpha value is -2.21. The molecule has 0 saturated heterocycles. The van der Waals surface area contributed by atoms with Crippen LogP contribution in [0.2, 0.25) is 5.02 Å². The first-order valence-electron chi connectivity index (χ1n) is 5.04. The molecule has 2 rings (SSSR count). The first kappa shape index (κ1) is 12.3. The Morgan fingerprint density at radius 1 is 1.50 bits per heavy atom. The van der Waals surface area contributed by atoms with E-state index in [2.05, 4.69) is 15.5 Å². The third kappa shape index (κ3) is 2.54. The summed E-state index contributed by atoms with van der Waals surface area (Å²) >= 11 is 6.02. The molecule has 1 heterocycles. The summed E-state index contributed by atoms with van der Waals surface area (Å²) in [5.74, 6) is -0.746. The number of aromatic nitrogens is 4. The van der Waals surface area contributed by atoms with Gasteiger partial charge in [0.25, 0.3) is 0 Å². The number of rotatable bonds is 3. The van der Waals surface area contributed by atoms with E-state index in [1.165, 1.54) is 10.8 Å². The van der Waals surface area contributed by atoms with Gasteiger partial charge in [0, 0.05) is 11.1 Å². The molecule has 6 nitrogen and oxygen atoms in total. The van der Waals surface area contributed by atoms with Gasteiger partial charge in [-0.1, -0.05) is 17.7 Å². The van der Waals surface area contributed by atoms with E-state index in [1.807, 2.05) is 13.0 Å². The van der Waals surface area contributed by atoms with Crippen molar-refractivity contribution in [3.05, 3.63) is 40.7 Å².